The minimum Gasteiger partial charge on any atom is -0.381 e. The van der Waals surface area contributed by atoms with Gasteiger partial charge in [0.1, 0.15) is 0 Å². The van der Waals surface area contributed by atoms with Gasteiger partial charge in [0.05, 0.1) is 5.69 Å². The number of aromatic amines is 1. The molecule has 1 aromatic rings. The molecule has 1 heterocycles. The van der Waals surface area contributed by atoms with E-state index >= 15 is 0 Å². The SMILES string of the molecule is CCOCC1CC(COCC)CC(c2n[nH]cc2CN(C)CCNC)C1. The first-order valence-corrected chi connectivity index (χ1v) is 10.2. The summed E-state index contributed by atoms with van der Waals surface area (Å²) in [6.07, 6.45) is 5.62. The van der Waals surface area contributed by atoms with Crippen LogP contribution in [0.5, 0.6) is 0 Å². The summed E-state index contributed by atoms with van der Waals surface area (Å²) < 4.78 is 11.5. The van der Waals surface area contributed by atoms with Crippen molar-refractivity contribution in [1.29, 1.82) is 0 Å². The molecule has 2 N–H and O–H groups in total. The summed E-state index contributed by atoms with van der Waals surface area (Å²) >= 11 is 0. The second kappa shape index (κ2) is 11.7. The highest BCUT2D eigenvalue weighted by atomic mass is 16.5. The summed E-state index contributed by atoms with van der Waals surface area (Å²) in [5.41, 5.74) is 2.59. The number of hydrogen-bond donors (Lipinski definition) is 2. The largest absolute Gasteiger partial charge is 0.381 e. The summed E-state index contributed by atoms with van der Waals surface area (Å²) in [5, 5.41) is 11.0. The number of hydrogen-bond acceptors (Lipinski definition) is 5. The van der Waals surface area contributed by atoms with Gasteiger partial charge in [0.15, 0.2) is 0 Å². The number of rotatable bonds is 12. The Labute approximate surface area is 159 Å². The highest BCUT2D eigenvalue weighted by Gasteiger charge is 2.32. The highest BCUT2D eigenvalue weighted by molar-refractivity contribution is 5.21. The van der Waals surface area contributed by atoms with Gasteiger partial charge >= 0.3 is 0 Å². The lowest BCUT2D eigenvalue weighted by Crippen LogP contribution is -2.29. The number of aromatic nitrogens is 2. The van der Waals surface area contributed by atoms with E-state index in [-0.39, 0.29) is 0 Å². The van der Waals surface area contributed by atoms with E-state index in [1.807, 2.05) is 7.05 Å². The molecule has 1 aliphatic carbocycles. The van der Waals surface area contributed by atoms with Crippen molar-refractivity contribution in [2.24, 2.45) is 11.8 Å². The molecule has 0 radical (unpaired) electrons. The second-order valence-electron chi connectivity index (χ2n) is 7.59. The van der Waals surface area contributed by atoms with Crippen molar-refractivity contribution in [3.8, 4) is 0 Å². The number of likely N-dealkylation sites (N-methyl/N-ethyl adjacent to an activating group) is 2. The van der Waals surface area contributed by atoms with Crippen molar-refractivity contribution < 1.29 is 9.47 Å². The molecule has 26 heavy (non-hydrogen) atoms. The van der Waals surface area contributed by atoms with Crippen LogP contribution in [0.2, 0.25) is 0 Å². The Morgan fingerprint density at radius 1 is 1.15 bits per heavy atom. The van der Waals surface area contributed by atoms with Crippen LogP contribution in [0.25, 0.3) is 0 Å². The van der Waals surface area contributed by atoms with Crippen LogP contribution in [0, 0.1) is 11.8 Å². The van der Waals surface area contributed by atoms with E-state index < -0.39 is 0 Å². The molecule has 0 aliphatic heterocycles. The standard InChI is InChI=1S/C20H38N4O2/c1-5-25-14-16-9-17(15-26-6-2)11-18(10-16)20-19(12-22-23-20)13-24(4)8-7-21-3/h12,16-18,21H,5-11,13-15H2,1-4H3,(H,22,23). The normalized spacial score (nSPS) is 23.7. The maximum atomic E-state index is 5.75. The molecule has 0 amide bonds. The van der Waals surface area contributed by atoms with Gasteiger partial charge < -0.3 is 19.7 Å². The van der Waals surface area contributed by atoms with Gasteiger partial charge in [-0.3, -0.25) is 5.10 Å². The molecule has 1 aromatic heterocycles. The predicted molar refractivity (Wildman–Crippen MR) is 105 cm³/mol. The van der Waals surface area contributed by atoms with Crippen LogP contribution in [0.15, 0.2) is 6.20 Å². The number of nitrogens with zero attached hydrogens (tertiary/aromatic N) is 2. The molecule has 1 fully saturated rings. The third kappa shape index (κ3) is 6.65. The van der Waals surface area contributed by atoms with Crippen molar-refractivity contribution in [3.05, 3.63) is 17.5 Å². The molecule has 1 saturated carbocycles. The molecule has 0 spiro atoms. The minimum absolute atomic E-state index is 0.499. The first-order chi connectivity index (χ1) is 12.7. The predicted octanol–water partition coefficient (Wildman–Crippen LogP) is 2.63. The van der Waals surface area contributed by atoms with Crippen LogP contribution in [0.1, 0.15) is 50.3 Å². The van der Waals surface area contributed by atoms with Crippen molar-refractivity contribution in [1.82, 2.24) is 20.4 Å². The fourth-order valence-corrected chi connectivity index (χ4v) is 4.11. The maximum absolute atomic E-state index is 5.75. The van der Waals surface area contributed by atoms with Crippen molar-refractivity contribution >= 4 is 0 Å². The second-order valence-corrected chi connectivity index (χ2v) is 7.59. The zero-order chi connectivity index (χ0) is 18.8. The van der Waals surface area contributed by atoms with Gasteiger partial charge in [-0.1, -0.05) is 0 Å². The van der Waals surface area contributed by atoms with Gasteiger partial charge in [-0.05, 0) is 59.0 Å². The smallest absolute Gasteiger partial charge is 0.0698 e. The van der Waals surface area contributed by atoms with Crippen molar-refractivity contribution in [2.75, 3.05) is 53.6 Å². The Bertz CT molecular complexity index is 478. The molecule has 0 aromatic carbocycles. The summed E-state index contributed by atoms with van der Waals surface area (Å²) in [7, 11) is 4.17. The molecule has 150 valence electrons. The maximum Gasteiger partial charge on any atom is 0.0698 e. The van der Waals surface area contributed by atoms with Crippen LogP contribution in [-0.2, 0) is 16.0 Å². The molecule has 1 aliphatic rings. The molecular weight excluding hydrogens is 328 g/mol. The van der Waals surface area contributed by atoms with Crippen LogP contribution < -0.4 is 5.32 Å². The van der Waals surface area contributed by atoms with Gasteiger partial charge in [0, 0.05) is 63.7 Å². The zero-order valence-electron chi connectivity index (χ0n) is 17.1. The lowest BCUT2D eigenvalue weighted by atomic mass is 9.74. The van der Waals surface area contributed by atoms with Crippen LogP contribution in [0.4, 0.5) is 0 Å². The van der Waals surface area contributed by atoms with Gasteiger partial charge in [-0.2, -0.15) is 5.10 Å². The summed E-state index contributed by atoms with van der Waals surface area (Å²) in [5.74, 6) is 1.70. The molecule has 2 atom stereocenters. The van der Waals surface area contributed by atoms with E-state index in [9.17, 15) is 0 Å². The van der Waals surface area contributed by atoms with Gasteiger partial charge in [0.2, 0.25) is 0 Å². The number of H-pyrrole nitrogens is 1. The fraction of sp³-hybridized carbons (Fsp3) is 0.850. The van der Waals surface area contributed by atoms with Gasteiger partial charge in [0.25, 0.3) is 0 Å². The average molecular weight is 367 g/mol. The van der Waals surface area contributed by atoms with E-state index in [1.165, 1.54) is 30.5 Å². The highest BCUT2D eigenvalue weighted by Crippen LogP contribution is 2.40. The average Bonchev–Trinajstić information content (AvgIpc) is 3.10. The van der Waals surface area contributed by atoms with Gasteiger partial charge in [-0.15, -0.1) is 0 Å². The third-order valence-electron chi connectivity index (χ3n) is 5.34. The first-order valence-electron chi connectivity index (χ1n) is 10.2. The quantitative estimate of drug-likeness (QED) is 0.595. The van der Waals surface area contributed by atoms with Crippen LogP contribution in [0.3, 0.4) is 0 Å². The molecule has 6 heteroatoms. The van der Waals surface area contributed by atoms with E-state index in [4.69, 9.17) is 9.47 Å². The zero-order valence-corrected chi connectivity index (χ0v) is 17.1. The lowest BCUT2D eigenvalue weighted by Gasteiger charge is -2.34. The van der Waals surface area contributed by atoms with Gasteiger partial charge in [-0.25, -0.2) is 0 Å². The van der Waals surface area contributed by atoms with Crippen molar-refractivity contribution in [2.45, 2.75) is 45.6 Å². The van der Waals surface area contributed by atoms with Crippen LogP contribution in [-0.4, -0.2) is 68.7 Å². The Morgan fingerprint density at radius 3 is 2.38 bits per heavy atom. The number of ether oxygens (including phenoxy) is 2. The fourth-order valence-electron chi connectivity index (χ4n) is 4.11. The Morgan fingerprint density at radius 2 is 1.81 bits per heavy atom. The van der Waals surface area contributed by atoms with E-state index in [0.29, 0.717) is 17.8 Å². The monoisotopic (exact) mass is 366 g/mol. The molecule has 0 bridgehead atoms. The Balaban J connectivity index is 2.03. The number of nitrogens with one attached hydrogen (secondary N) is 2. The molecule has 2 rings (SSSR count). The van der Waals surface area contributed by atoms with E-state index in [0.717, 1.165) is 46.1 Å². The van der Waals surface area contributed by atoms with Crippen molar-refractivity contribution in [3.63, 3.8) is 0 Å². The summed E-state index contributed by atoms with van der Waals surface area (Å²) in [6.45, 7) is 10.4. The summed E-state index contributed by atoms with van der Waals surface area (Å²) in [4.78, 5) is 2.35. The van der Waals surface area contributed by atoms with Crippen LogP contribution >= 0.6 is 0 Å². The summed E-state index contributed by atoms with van der Waals surface area (Å²) in [6, 6.07) is 0. The third-order valence-corrected chi connectivity index (χ3v) is 5.34. The lowest BCUT2D eigenvalue weighted by molar-refractivity contribution is 0.0425. The van der Waals surface area contributed by atoms with E-state index in [2.05, 4.69) is 47.5 Å². The minimum atomic E-state index is 0.499. The molecular formula is C20H38N4O2. The molecule has 0 saturated heterocycles. The van der Waals surface area contributed by atoms with E-state index in [1.54, 1.807) is 0 Å². The Hall–Kier alpha value is -0.950. The first kappa shape index (κ1) is 21.4. The molecule has 6 nitrogen and oxygen atoms in total. The topological polar surface area (TPSA) is 62.4 Å². The Kier molecular flexibility index (Phi) is 9.61. The molecule has 2 unspecified atom stereocenters.